The number of aromatic hydroxyl groups is 1. The van der Waals surface area contributed by atoms with Crippen LogP contribution in [0.15, 0.2) is 12.1 Å². The standard InChI is InChI=1S/C12H16Cl2N2O/c13-10-1-2-11(17)12(14)9(10)7-16-4-3-8(5-15)6-16/h1-2,8,17H,3-7,15H2/t8-/m1/s1. The lowest BCUT2D eigenvalue weighted by atomic mass is 10.1. The number of benzene rings is 1. The predicted molar refractivity (Wildman–Crippen MR) is 70.6 cm³/mol. The monoisotopic (exact) mass is 274 g/mol. The highest BCUT2D eigenvalue weighted by atomic mass is 35.5. The van der Waals surface area contributed by atoms with E-state index in [-0.39, 0.29) is 5.75 Å². The molecule has 0 aromatic heterocycles. The Morgan fingerprint density at radius 2 is 2.18 bits per heavy atom. The number of phenols is 1. The maximum Gasteiger partial charge on any atom is 0.134 e. The fourth-order valence-electron chi connectivity index (χ4n) is 2.20. The van der Waals surface area contributed by atoms with Crippen LogP contribution >= 0.6 is 23.2 Å². The molecule has 0 spiro atoms. The quantitative estimate of drug-likeness (QED) is 0.891. The average Bonchev–Trinajstić information content (AvgIpc) is 2.77. The molecule has 1 aliphatic rings. The number of nitrogens with zero attached hydrogens (tertiary/aromatic N) is 1. The van der Waals surface area contributed by atoms with Crippen LogP contribution in [-0.4, -0.2) is 29.6 Å². The van der Waals surface area contributed by atoms with Gasteiger partial charge in [0.15, 0.2) is 0 Å². The number of rotatable bonds is 3. The van der Waals surface area contributed by atoms with E-state index in [1.807, 2.05) is 0 Å². The van der Waals surface area contributed by atoms with Gasteiger partial charge in [0.1, 0.15) is 5.75 Å². The maximum atomic E-state index is 9.57. The predicted octanol–water partition coefficient (Wildman–Crippen LogP) is 2.48. The molecule has 1 aromatic rings. The summed E-state index contributed by atoms with van der Waals surface area (Å²) in [4.78, 5) is 2.27. The SMILES string of the molecule is NC[C@H]1CCN(Cc2c(Cl)ccc(O)c2Cl)C1. The third kappa shape index (κ3) is 2.86. The van der Waals surface area contributed by atoms with Gasteiger partial charge < -0.3 is 10.8 Å². The lowest BCUT2D eigenvalue weighted by Crippen LogP contribution is -2.23. The summed E-state index contributed by atoms with van der Waals surface area (Å²) in [5.41, 5.74) is 6.45. The van der Waals surface area contributed by atoms with Crippen LogP contribution in [0.4, 0.5) is 0 Å². The molecule has 1 saturated heterocycles. The van der Waals surface area contributed by atoms with Crippen LogP contribution in [-0.2, 0) is 6.54 Å². The van der Waals surface area contributed by atoms with Crippen LogP contribution in [0.2, 0.25) is 10.0 Å². The minimum Gasteiger partial charge on any atom is -0.506 e. The molecule has 1 heterocycles. The molecule has 0 radical (unpaired) electrons. The van der Waals surface area contributed by atoms with E-state index in [0.717, 1.165) is 31.6 Å². The maximum absolute atomic E-state index is 9.57. The van der Waals surface area contributed by atoms with Crippen molar-refractivity contribution < 1.29 is 5.11 Å². The minimum atomic E-state index is 0.0839. The largest absolute Gasteiger partial charge is 0.506 e. The Bertz CT molecular complexity index is 412. The highest BCUT2D eigenvalue weighted by Crippen LogP contribution is 2.34. The van der Waals surface area contributed by atoms with Gasteiger partial charge in [-0.1, -0.05) is 23.2 Å². The van der Waals surface area contributed by atoms with Gasteiger partial charge in [-0.05, 0) is 37.6 Å². The van der Waals surface area contributed by atoms with Crippen LogP contribution in [0.5, 0.6) is 5.75 Å². The molecule has 0 saturated carbocycles. The van der Waals surface area contributed by atoms with E-state index < -0.39 is 0 Å². The molecule has 0 amide bonds. The zero-order chi connectivity index (χ0) is 12.4. The Morgan fingerprint density at radius 1 is 1.41 bits per heavy atom. The summed E-state index contributed by atoms with van der Waals surface area (Å²) >= 11 is 12.2. The van der Waals surface area contributed by atoms with E-state index in [9.17, 15) is 5.11 Å². The second kappa shape index (κ2) is 5.44. The third-order valence-corrected chi connectivity index (χ3v) is 4.03. The van der Waals surface area contributed by atoms with Gasteiger partial charge in [-0.25, -0.2) is 0 Å². The van der Waals surface area contributed by atoms with Crippen molar-refractivity contribution in [1.29, 1.82) is 0 Å². The highest BCUT2D eigenvalue weighted by Gasteiger charge is 2.23. The summed E-state index contributed by atoms with van der Waals surface area (Å²) in [6.07, 6.45) is 1.12. The first-order valence-corrected chi connectivity index (χ1v) is 6.45. The lowest BCUT2D eigenvalue weighted by Gasteiger charge is -2.18. The summed E-state index contributed by atoms with van der Waals surface area (Å²) in [5, 5.41) is 10.5. The van der Waals surface area contributed by atoms with Crippen LogP contribution in [0.3, 0.4) is 0 Å². The second-order valence-electron chi connectivity index (χ2n) is 4.48. The molecule has 1 aliphatic heterocycles. The number of nitrogens with two attached hydrogens (primary N) is 1. The summed E-state index contributed by atoms with van der Waals surface area (Å²) in [6, 6.07) is 3.19. The third-order valence-electron chi connectivity index (χ3n) is 3.25. The Labute approximate surface area is 111 Å². The van der Waals surface area contributed by atoms with Gasteiger partial charge in [-0.15, -0.1) is 0 Å². The van der Waals surface area contributed by atoms with Crippen molar-refractivity contribution in [2.24, 2.45) is 11.7 Å². The zero-order valence-corrected chi connectivity index (χ0v) is 11.0. The molecule has 1 fully saturated rings. The Hall–Kier alpha value is -0.480. The second-order valence-corrected chi connectivity index (χ2v) is 5.27. The first-order valence-electron chi connectivity index (χ1n) is 5.70. The number of halogens is 2. The molecule has 5 heteroatoms. The van der Waals surface area contributed by atoms with E-state index in [4.69, 9.17) is 28.9 Å². The normalized spacial score (nSPS) is 21.0. The Morgan fingerprint density at radius 3 is 2.82 bits per heavy atom. The van der Waals surface area contributed by atoms with E-state index in [2.05, 4.69) is 4.90 Å². The summed E-state index contributed by atoms with van der Waals surface area (Å²) in [5.74, 6) is 0.644. The van der Waals surface area contributed by atoms with E-state index in [1.165, 1.54) is 6.07 Å². The number of phenolic OH excluding ortho intramolecular Hbond substituents is 1. The van der Waals surface area contributed by atoms with Gasteiger partial charge >= 0.3 is 0 Å². The summed E-state index contributed by atoms with van der Waals surface area (Å²) < 4.78 is 0. The summed E-state index contributed by atoms with van der Waals surface area (Å²) in [7, 11) is 0. The van der Waals surface area contributed by atoms with Gasteiger partial charge in [0, 0.05) is 23.7 Å². The highest BCUT2D eigenvalue weighted by molar-refractivity contribution is 6.36. The fourth-order valence-corrected chi connectivity index (χ4v) is 2.69. The van der Waals surface area contributed by atoms with E-state index >= 15 is 0 Å². The van der Waals surface area contributed by atoms with Crippen LogP contribution in [0, 0.1) is 5.92 Å². The first-order chi connectivity index (χ1) is 8.11. The van der Waals surface area contributed by atoms with Crippen molar-refractivity contribution in [2.45, 2.75) is 13.0 Å². The molecule has 0 unspecified atom stereocenters. The average molecular weight is 275 g/mol. The molecule has 3 nitrogen and oxygen atoms in total. The van der Waals surface area contributed by atoms with Crippen molar-refractivity contribution in [2.75, 3.05) is 19.6 Å². The molecule has 94 valence electrons. The van der Waals surface area contributed by atoms with Gasteiger partial charge in [-0.3, -0.25) is 4.90 Å². The van der Waals surface area contributed by atoms with Crippen molar-refractivity contribution in [3.63, 3.8) is 0 Å². The van der Waals surface area contributed by atoms with Gasteiger partial charge in [0.2, 0.25) is 0 Å². The zero-order valence-electron chi connectivity index (χ0n) is 9.50. The fraction of sp³-hybridized carbons (Fsp3) is 0.500. The smallest absolute Gasteiger partial charge is 0.134 e. The molecule has 2 rings (SSSR count). The van der Waals surface area contributed by atoms with Crippen molar-refractivity contribution >= 4 is 23.2 Å². The first kappa shape index (κ1) is 13.0. The van der Waals surface area contributed by atoms with Crippen molar-refractivity contribution in [3.8, 4) is 5.75 Å². The van der Waals surface area contributed by atoms with Crippen molar-refractivity contribution in [3.05, 3.63) is 27.7 Å². The van der Waals surface area contributed by atoms with Crippen LogP contribution < -0.4 is 5.73 Å². The van der Waals surface area contributed by atoms with Crippen LogP contribution in [0.1, 0.15) is 12.0 Å². The molecule has 3 N–H and O–H groups in total. The van der Waals surface area contributed by atoms with Gasteiger partial charge in [-0.2, -0.15) is 0 Å². The molecular formula is C12H16Cl2N2O. The lowest BCUT2D eigenvalue weighted by molar-refractivity contribution is 0.317. The van der Waals surface area contributed by atoms with Crippen molar-refractivity contribution in [1.82, 2.24) is 4.90 Å². The Kier molecular flexibility index (Phi) is 4.15. The number of likely N-dealkylation sites (tertiary alicyclic amines) is 1. The van der Waals surface area contributed by atoms with E-state index in [0.29, 0.717) is 22.5 Å². The molecule has 1 aromatic carbocycles. The molecule has 0 bridgehead atoms. The minimum absolute atomic E-state index is 0.0839. The molecule has 1 atom stereocenters. The molecule has 17 heavy (non-hydrogen) atoms. The molecule has 0 aliphatic carbocycles. The Balaban J connectivity index is 2.11. The molecular weight excluding hydrogens is 259 g/mol. The van der Waals surface area contributed by atoms with E-state index in [1.54, 1.807) is 6.07 Å². The van der Waals surface area contributed by atoms with Gasteiger partial charge in [0.05, 0.1) is 5.02 Å². The summed E-state index contributed by atoms with van der Waals surface area (Å²) in [6.45, 7) is 3.36. The van der Waals surface area contributed by atoms with Crippen LogP contribution in [0.25, 0.3) is 0 Å². The van der Waals surface area contributed by atoms with Gasteiger partial charge in [0.25, 0.3) is 0 Å². The number of hydrogen-bond donors (Lipinski definition) is 2. The topological polar surface area (TPSA) is 49.5 Å². The number of hydrogen-bond acceptors (Lipinski definition) is 3.